The van der Waals surface area contributed by atoms with Crippen molar-refractivity contribution in [3.63, 3.8) is 0 Å². The third-order valence-corrected chi connectivity index (χ3v) is 6.79. The van der Waals surface area contributed by atoms with Gasteiger partial charge in [-0.05, 0) is 18.6 Å². The molecule has 0 radical (unpaired) electrons. The maximum absolute atomic E-state index is 14.9. The molecule has 1 aliphatic heterocycles. The largest absolute Gasteiger partial charge is 0.365 e. The summed E-state index contributed by atoms with van der Waals surface area (Å²) in [6.45, 7) is 5.03. The van der Waals surface area contributed by atoms with E-state index in [1.165, 1.54) is 23.5 Å². The van der Waals surface area contributed by atoms with E-state index in [0.29, 0.717) is 39.0 Å². The van der Waals surface area contributed by atoms with Gasteiger partial charge in [0.25, 0.3) is 0 Å². The maximum Gasteiger partial charge on any atom is 0.192 e. The van der Waals surface area contributed by atoms with Crippen molar-refractivity contribution in [2.45, 2.75) is 13.3 Å². The van der Waals surface area contributed by atoms with Crippen LogP contribution in [0.1, 0.15) is 23.2 Å². The first-order valence-corrected chi connectivity index (χ1v) is 11.2. The van der Waals surface area contributed by atoms with Crippen LogP contribution in [-0.4, -0.2) is 47.6 Å². The van der Waals surface area contributed by atoms with Gasteiger partial charge in [-0.25, -0.2) is 18.7 Å². The molecular formula is C22H21F2N7S. The van der Waals surface area contributed by atoms with Gasteiger partial charge in [-0.15, -0.1) is 0 Å². The molecule has 0 aromatic carbocycles. The number of hydrogen-bond donors (Lipinski definition) is 1. The lowest BCUT2D eigenvalue weighted by molar-refractivity contribution is 0.565. The number of nitrogens with zero attached hydrogens (tertiary/aromatic N) is 6. The summed E-state index contributed by atoms with van der Waals surface area (Å²) in [5.41, 5.74) is 2.51. The van der Waals surface area contributed by atoms with Gasteiger partial charge in [0.1, 0.15) is 33.9 Å². The topological polar surface area (TPSA) is 72.5 Å². The fraction of sp³-hybridized carbons (Fsp3) is 0.318. The van der Waals surface area contributed by atoms with Crippen LogP contribution in [0.15, 0.2) is 30.2 Å². The van der Waals surface area contributed by atoms with Crippen LogP contribution < -0.4 is 15.1 Å². The standard InChI is InChI=1S/C22H21F2N7S/c1-3-16-21(29(2)22-28-20(18(11-25)32-22)13-4-5-14(13)23)31-12-17(15(24)10-19(31)27-16)30-8-6-26-7-9-30/h4-5,10,12,26H,3,6-9H2,1-2H3. The lowest BCUT2D eigenvalue weighted by atomic mass is 10.0. The number of imidazole rings is 1. The first kappa shape index (κ1) is 20.6. The molecule has 0 spiro atoms. The van der Waals surface area contributed by atoms with Crippen LogP contribution >= 0.6 is 11.3 Å². The molecule has 0 amide bonds. The number of aryl methyl sites for hydroxylation is 1. The zero-order valence-electron chi connectivity index (χ0n) is 17.7. The van der Waals surface area contributed by atoms with Crippen LogP contribution in [0.2, 0.25) is 0 Å². The van der Waals surface area contributed by atoms with Crippen LogP contribution in [0.5, 0.6) is 0 Å². The Morgan fingerprint density at radius 2 is 2.03 bits per heavy atom. The Kier molecular flexibility index (Phi) is 5.15. The molecule has 0 unspecified atom stereocenters. The second-order valence-corrected chi connectivity index (χ2v) is 8.62. The lowest BCUT2D eigenvalue weighted by Gasteiger charge is -2.30. The molecule has 1 saturated heterocycles. The van der Waals surface area contributed by atoms with E-state index in [1.54, 1.807) is 12.3 Å². The Bertz CT molecular complexity index is 1310. The zero-order valence-corrected chi connectivity index (χ0v) is 18.5. The molecule has 2 aliphatic rings. The highest BCUT2D eigenvalue weighted by atomic mass is 32.1. The number of hydrogen-bond acceptors (Lipinski definition) is 7. The number of rotatable bonds is 5. The van der Waals surface area contributed by atoms with E-state index in [9.17, 15) is 14.0 Å². The summed E-state index contributed by atoms with van der Waals surface area (Å²) in [5, 5.41) is 13.4. The van der Waals surface area contributed by atoms with E-state index < -0.39 is 0 Å². The predicted octanol–water partition coefficient (Wildman–Crippen LogP) is 3.79. The van der Waals surface area contributed by atoms with Gasteiger partial charge in [0.05, 0.1) is 11.4 Å². The minimum atomic E-state index is -0.374. The first-order chi connectivity index (χ1) is 15.5. The predicted molar refractivity (Wildman–Crippen MR) is 122 cm³/mol. The fourth-order valence-corrected chi connectivity index (χ4v) is 4.88. The molecule has 5 rings (SSSR count). The van der Waals surface area contributed by atoms with Crippen molar-refractivity contribution >= 4 is 39.2 Å². The summed E-state index contributed by atoms with van der Waals surface area (Å²) in [7, 11) is 1.83. The first-order valence-electron chi connectivity index (χ1n) is 10.4. The molecule has 10 heteroatoms. The number of fused-ring (bicyclic) bond motifs is 1. The lowest BCUT2D eigenvalue weighted by Crippen LogP contribution is -2.44. The van der Waals surface area contributed by atoms with Crippen molar-refractivity contribution in [3.05, 3.63) is 52.3 Å². The summed E-state index contributed by atoms with van der Waals surface area (Å²) in [4.78, 5) is 13.4. The Balaban J connectivity index is 1.61. The Morgan fingerprint density at radius 1 is 1.25 bits per heavy atom. The molecular weight excluding hydrogens is 432 g/mol. The number of pyridine rings is 1. The van der Waals surface area contributed by atoms with Crippen LogP contribution in [0, 0.1) is 17.1 Å². The van der Waals surface area contributed by atoms with Gasteiger partial charge in [-0.2, -0.15) is 5.26 Å². The number of allylic oxidation sites excluding steroid dienone is 4. The second kappa shape index (κ2) is 8.00. The van der Waals surface area contributed by atoms with Gasteiger partial charge in [0.2, 0.25) is 0 Å². The molecule has 7 nitrogen and oxygen atoms in total. The molecule has 0 bridgehead atoms. The number of nitriles is 1. The van der Waals surface area contributed by atoms with Gasteiger partial charge < -0.3 is 15.1 Å². The maximum atomic E-state index is 14.9. The second-order valence-electron chi connectivity index (χ2n) is 7.65. The van der Waals surface area contributed by atoms with Crippen LogP contribution in [-0.2, 0) is 6.42 Å². The minimum Gasteiger partial charge on any atom is -0.365 e. The monoisotopic (exact) mass is 453 g/mol. The molecule has 0 atom stereocenters. The average molecular weight is 454 g/mol. The highest BCUT2D eigenvalue weighted by molar-refractivity contribution is 7.16. The van der Waals surface area contributed by atoms with Crippen LogP contribution in [0.3, 0.4) is 0 Å². The van der Waals surface area contributed by atoms with Crippen molar-refractivity contribution in [1.29, 1.82) is 5.26 Å². The van der Waals surface area contributed by atoms with Gasteiger partial charge in [-0.1, -0.05) is 18.3 Å². The smallest absolute Gasteiger partial charge is 0.192 e. The molecule has 1 N–H and O–H groups in total. The number of anilines is 3. The summed E-state index contributed by atoms with van der Waals surface area (Å²) in [6, 6.07) is 3.58. The highest BCUT2D eigenvalue weighted by Crippen LogP contribution is 2.39. The molecule has 3 aromatic rings. The Morgan fingerprint density at radius 3 is 2.66 bits per heavy atom. The summed E-state index contributed by atoms with van der Waals surface area (Å²) >= 11 is 1.19. The number of aromatic nitrogens is 3. The molecule has 32 heavy (non-hydrogen) atoms. The summed E-state index contributed by atoms with van der Waals surface area (Å²) in [6.07, 6.45) is 5.39. The normalized spacial score (nSPS) is 15.9. The van der Waals surface area contributed by atoms with Gasteiger partial charge in [-0.3, -0.25) is 4.40 Å². The molecule has 1 aliphatic carbocycles. The van der Waals surface area contributed by atoms with Crippen molar-refractivity contribution in [3.8, 4) is 6.07 Å². The highest BCUT2D eigenvalue weighted by Gasteiger charge is 2.26. The fourth-order valence-electron chi connectivity index (χ4n) is 4.04. The quantitative estimate of drug-likeness (QED) is 0.634. The van der Waals surface area contributed by atoms with E-state index in [2.05, 4.69) is 21.4 Å². The minimum absolute atomic E-state index is 0.302. The third kappa shape index (κ3) is 3.25. The van der Waals surface area contributed by atoms with Crippen molar-refractivity contribution in [2.75, 3.05) is 43.0 Å². The van der Waals surface area contributed by atoms with Crippen molar-refractivity contribution < 1.29 is 8.78 Å². The SMILES string of the molecule is CCc1nc2cc(F)c(N3CCNCC3)cn2c1N(C)c1nc(C2=CC=C2F)c(C#N)s1. The zero-order chi connectivity index (χ0) is 22.4. The molecule has 4 heterocycles. The van der Waals surface area contributed by atoms with Gasteiger partial charge in [0, 0.05) is 51.1 Å². The number of thiazole rings is 1. The Labute approximate surface area is 187 Å². The molecule has 0 saturated carbocycles. The molecule has 1 fully saturated rings. The van der Waals surface area contributed by atoms with Crippen LogP contribution in [0.4, 0.5) is 25.4 Å². The van der Waals surface area contributed by atoms with Crippen molar-refractivity contribution in [2.24, 2.45) is 0 Å². The van der Waals surface area contributed by atoms with E-state index in [4.69, 9.17) is 0 Å². The number of halogens is 2. The number of nitrogens with one attached hydrogen (secondary N) is 1. The summed E-state index contributed by atoms with van der Waals surface area (Å²) in [5.74, 6) is 0.0761. The van der Waals surface area contributed by atoms with E-state index in [-0.39, 0.29) is 11.6 Å². The Hall–Kier alpha value is -3.29. The number of piperazine rings is 1. The van der Waals surface area contributed by atoms with Crippen LogP contribution in [0.25, 0.3) is 11.2 Å². The van der Waals surface area contributed by atoms with E-state index >= 15 is 0 Å². The average Bonchev–Trinajstić information content (AvgIpc) is 3.38. The van der Waals surface area contributed by atoms with E-state index in [1.807, 2.05) is 28.2 Å². The molecule has 3 aromatic heterocycles. The van der Waals surface area contributed by atoms with Crippen molar-refractivity contribution in [1.82, 2.24) is 19.7 Å². The molecule has 164 valence electrons. The van der Waals surface area contributed by atoms with E-state index in [0.717, 1.165) is 37.7 Å². The third-order valence-electron chi connectivity index (χ3n) is 5.76. The van der Waals surface area contributed by atoms with Gasteiger partial charge in [0.15, 0.2) is 10.9 Å². The van der Waals surface area contributed by atoms with Gasteiger partial charge >= 0.3 is 0 Å². The summed E-state index contributed by atoms with van der Waals surface area (Å²) < 4.78 is 30.6.